The lowest BCUT2D eigenvalue weighted by atomic mass is 10.0. The third kappa shape index (κ3) is 4.05. The molecule has 1 aliphatic rings. The Bertz CT molecular complexity index is 422. The van der Waals surface area contributed by atoms with Gasteiger partial charge in [-0.05, 0) is 25.5 Å². The minimum absolute atomic E-state index is 0.0758. The first-order valence-corrected chi connectivity index (χ1v) is 7.36. The van der Waals surface area contributed by atoms with Crippen LogP contribution in [0.2, 0.25) is 0 Å². The lowest BCUT2D eigenvalue weighted by Gasteiger charge is -2.21. The standard InChI is InChI=1S/C16H24N2O2/c1-3-17-15-11-20-10-14(15)16(19)18-12(2)9-13-7-5-4-6-8-13/h4-8,12,14-15,17H,3,9-11H2,1-2H3,(H,18,19). The predicted octanol–water partition coefficient (Wildman–Crippen LogP) is 1.36. The summed E-state index contributed by atoms with van der Waals surface area (Å²) in [5.41, 5.74) is 1.24. The summed E-state index contributed by atoms with van der Waals surface area (Å²) in [7, 11) is 0. The van der Waals surface area contributed by atoms with Crippen molar-refractivity contribution < 1.29 is 9.53 Å². The number of nitrogens with one attached hydrogen (secondary N) is 2. The number of rotatable bonds is 6. The van der Waals surface area contributed by atoms with Gasteiger partial charge < -0.3 is 15.4 Å². The lowest BCUT2D eigenvalue weighted by Crippen LogP contribution is -2.46. The molecule has 1 aliphatic heterocycles. The highest BCUT2D eigenvalue weighted by Crippen LogP contribution is 2.14. The fourth-order valence-corrected chi connectivity index (χ4v) is 2.64. The van der Waals surface area contributed by atoms with Crippen molar-refractivity contribution in [3.8, 4) is 0 Å². The number of hydrogen-bond donors (Lipinski definition) is 2. The van der Waals surface area contributed by atoms with Gasteiger partial charge in [0.05, 0.1) is 19.1 Å². The van der Waals surface area contributed by atoms with Crippen molar-refractivity contribution >= 4 is 5.91 Å². The Balaban J connectivity index is 1.84. The quantitative estimate of drug-likeness (QED) is 0.825. The molecule has 3 atom stereocenters. The van der Waals surface area contributed by atoms with Crippen LogP contribution >= 0.6 is 0 Å². The van der Waals surface area contributed by atoms with E-state index in [2.05, 4.69) is 22.8 Å². The number of ether oxygens (including phenoxy) is 1. The topological polar surface area (TPSA) is 50.4 Å². The molecule has 0 aromatic heterocycles. The molecule has 110 valence electrons. The van der Waals surface area contributed by atoms with Crippen molar-refractivity contribution in [1.82, 2.24) is 10.6 Å². The second kappa shape index (κ2) is 7.41. The first-order valence-electron chi connectivity index (χ1n) is 7.36. The summed E-state index contributed by atoms with van der Waals surface area (Å²) in [6, 6.07) is 10.5. The molecule has 3 unspecified atom stereocenters. The van der Waals surface area contributed by atoms with Crippen LogP contribution in [0.25, 0.3) is 0 Å². The molecular formula is C16H24N2O2. The summed E-state index contributed by atoms with van der Waals surface area (Å²) in [5, 5.41) is 6.41. The molecule has 1 saturated heterocycles. The Kier molecular flexibility index (Phi) is 5.56. The third-order valence-corrected chi connectivity index (χ3v) is 3.66. The molecule has 0 aliphatic carbocycles. The van der Waals surface area contributed by atoms with Crippen LogP contribution in [0, 0.1) is 5.92 Å². The van der Waals surface area contributed by atoms with E-state index in [1.807, 2.05) is 32.0 Å². The Labute approximate surface area is 120 Å². The normalized spacial score (nSPS) is 23.5. The fourth-order valence-electron chi connectivity index (χ4n) is 2.64. The van der Waals surface area contributed by atoms with Crippen LogP contribution in [0.3, 0.4) is 0 Å². The Morgan fingerprint density at radius 1 is 1.35 bits per heavy atom. The van der Waals surface area contributed by atoms with Gasteiger partial charge in [0, 0.05) is 12.1 Å². The molecule has 0 bridgehead atoms. The highest BCUT2D eigenvalue weighted by molar-refractivity contribution is 5.80. The monoisotopic (exact) mass is 276 g/mol. The molecule has 2 rings (SSSR count). The minimum atomic E-state index is -0.0758. The van der Waals surface area contributed by atoms with Gasteiger partial charge in [0.1, 0.15) is 0 Å². The van der Waals surface area contributed by atoms with Crippen molar-refractivity contribution in [2.45, 2.75) is 32.4 Å². The molecule has 1 amide bonds. The summed E-state index contributed by atoms with van der Waals surface area (Å²) in [5.74, 6) is 0.0186. The largest absolute Gasteiger partial charge is 0.379 e. The third-order valence-electron chi connectivity index (χ3n) is 3.66. The first-order chi connectivity index (χ1) is 9.70. The van der Waals surface area contributed by atoms with E-state index in [0.29, 0.717) is 13.2 Å². The number of benzene rings is 1. The van der Waals surface area contributed by atoms with Gasteiger partial charge in [0.2, 0.25) is 5.91 Å². The first kappa shape index (κ1) is 15.0. The summed E-state index contributed by atoms with van der Waals surface area (Å²) in [6.45, 7) is 6.09. The summed E-state index contributed by atoms with van der Waals surface area (Å²) < 4.78 is 5.42. The summed E-state index contributed by atoms with van der Waals surface area (Å²) >= 11 is 0. The van der Waals surface area contributed by atoms with Crippen LogP contribution in [-0.2, 0) is 16.0 Å². The number of carbonyl (C=O) groups is 1. The molecule has 0 saturated carbocycles. The van der Waals surface area contributed by atoms with Gasteiger partial charge in [-0.3, -0.25) is 4.79 Å². The van der Waals surface area contributed by atoms with E-state index in [1.54, 1.807) is 0 Å². The molecule has 1 aromatic rings. The van der Waals surface area contributed by atoms with E-state index in [4.69, 9.17) is 4.74 Å². The Morgan fingerprint density at radius 3 is 2.80 bits per heavy atom. The van der Waals surface area contributed by atoms with Crippen LogP contribution in [-0.4, -0.2) is 37.7 Å². The average molecular weight is 276 g/mol. The SMILES string of the molecule is CCNC1COCC1C(=O)NC(C)Cc1ccccc1. The van der Waals surface area contributed by atoms with Crippen molar-refractivity contribution in [3.63, 3.8) is 0 Å². The average Bonchev–Trinajstić information content (AvgIpc) is 2.88. The van der Waals surface area contributed by atoms with Crippen molar-refractivity contribution in [2.75, 3.05) is 19.8 Å². The molecule has 1 fully saturated rings. The zero-order chi connectivity index (χ0) is 14.4. The molecule has 0 radical (unpaired) electrons. The molecule has 1 aromatic carbocycles. The van der Waals surface area contributed by atoms with Gasteiger partial charge in [-0.25, -0.2) is 0 Å². The maximum Gasteiger partial charge on any atom is 0.227 e. The van der Waals surface area contributed by atoms with E-state index in [9.17, 15) is 4.79 Å². The molecule has 1 heterocycles. The molecule has 0 spiro atoms. The van der Waals surface area contributed by atoms with Gasteiger partial charge in [0.25, 0.3) is 0 Å². The zero-order valence-corrected chi connectivity index (χ0v) is 12.3. The van der Waals surface area contributed by atoms with Crippen LogP contribution in [0.4, 0.5) is 0 Å². The second-order valence-corrected chi connectivity index (χ2v) is 5.41. The number of amides is 1. The molecular weight excluding hydrogens is 252 g/mol. The van der Waals surface area contributed by atoms with Crippen LogP contribution in [0.15, 0.2) is 30.3 Å². The van der Waals surface area contributed by atoms with E-state index in [-0.39, 0.29) is 23.9 Å². The number of carbonyl (C=O) groups excluding carboxylic acids is 1. The van der Waals surface area contributed by atoms with E-state index in [1.165, 1.54) is 5.56 Å². The lowest BCUT2D eigenvalue weighted by molar-refractivity contribution is -0.126. The van der Waals surface area contributed by atoms with E-state index >= 15 is 0 Å². The van der Waals surface area contributed by atoms with Gasteiger partial charge in [-0.1, -0.05) is 37.3 Å². The molecule has 2 N–H and O–H groups in total. The van der Waals surface area contributed by atoms with Crippen LogP contribution in [0.5, 0.6) is 0 Å². The minimum Gasteiger partial charge on any atom is -0.379 e. The maximum atomic E-state index is 12.3. The van der Waals surface area contributed by atoms with Gasteiger partial charge in [-0.2, -0.15) is 0 Å². The van der Waals surface area contributed by atoms with Crippen molar-refractivity contribution in [3.05, 3.63) is 35.9 Å². The summed E-state index contributed by atoms with van der Waals surface area (Å²) in [4.78, 5) is 12.3. The number of hydrogen-bond acceptors (Lipinski definition) is 3. The zero-order valence-electron chi connectivity index (χ0n) is 12.3. The molecule has 20 heavy (non-hydrogen) atoms. The number of likely N-dealkylation sites (N-methyl/N-ethyl adjacent to an activating group) is 1. The predicted molar refractivity (Wildman–Crippen MR) is 79.5 cm³/mol. The van der Waals surface area contributed by atoms with E-state index < -0.39 is 0 Å². The van der Waals surface area contributed by atoms with E-state index in [0.717, 1.165) is 13.0 Å². The smallest absolute Gasteiger partial charge is 0.227 e. The second-order valence-electron chi connectivity index (χ2n) is 5.41. The highest BCUT2D eigenvalue weighted by atomic mass is 16.5. The highest BCUT2D eigenvalue weighted by Gasteiger charge is 2.33. The van der Waals surface area contributed by atoms with Crippen LogP contribution < -0.4 is 10.6 Å². The molecule has 4 heteroatoms. The van der Waals surface area contributed by atoms with Gasteiger partial charge in [0.15, 0.2) is 0 Å². The molecule has 4 nitrogen and oxygen atoms in total. The van der Waals surface area contributed by atoms with Gasteiger partial charge >= 0.3 is 0 Å². The fraction of sp³-hybridized carbons (Fsp3) is 0.562. The Hall–Kier alpha value is -1.39. The Morgan fingerprint density at radius 2 is 2.10 bits per heavy atom. The van der Waals surface area contributed by atoms with Crippen LogP contribution in [0.1, 0.15) is 19.4 Å². The maximum absolute atomic E-state index is 12.3. The van der Waals surface area contributed by atoms with Crippen molar-refractivity contribution in [2.24, 2.45) is 5.92 Å². The summed E-state index contributed by atoms with van der Waals surface area (Å²) in [6.07, 6.45) is 0.853. The van der Waals surface area contributed by atoms with Gasteiger partial charge in [-0.15, -0.1) is 0 Å². The van der Waals surface area contributed by atoms with Crippen molar-refractivity contribution in [1.29, 1.82) is 0 Å².